The first-order valence-corrected chi connectivity index (χ1v) is 4.87. The lowest BCUT2D eigenvalue weighted by atomic mass is 10.0. The third-order valence-electron chi connectivity index (χ3n) is 2.05. The van der Waals surface area contributed by atoms with Gasteiger partial charge in [0.2, 0.25) is 0 Å². The molecule has 4 N–H and O–H groups in total. The van der Waals surface area contributed by atoms with Gasteiger partial charge in [0.25, 0.3) is 0 Å². The molecule has 0 aromatic heterocycles. The van der Waals surface area contributed by atoms with Crippen LogP contribution in [0.15, 0.2) is 35.3 Å². The minimum absolute atomic E-state index is 0.103. The molecule has 0 radical (unpaired) electrons. The van der Waals surface area contributed by atoms with Gasteiger partial charge in [0.15, 0.2) is 5.96 Å². The Balaban J connectivity index is 2.83. The Kier molecular flexibility index (Phi) is 3.98. The van der Waals surface area contributed by atoms with Crippen LogP contribution in [0, 0.1) is 0 Å². The van der Waals surface area contributed by atoms with Crippen molar-refractivity contribution in [2.24, 2.45) is 16.5 Å². The lowest BCUT2D eigenvalue weighted by molar-refractivity contribution is 0.639. The predicted molar refractivity (Wildman–Crippen MR) is 59.9 cm³/mol. The Morgan fingerprint density at radius 3 is 2.43 bits per heavy atom. The SMILES string of the molecule is CCCC(N=C(N)N)c1ccccc1. The molecule has 1 atom stereocenters. The van der Waals surface area contributed by atoms with Crippen LogP contribution in [-0.2, 0) is 0 Å². The van der Waals surface area contributed by atoms with E-state index in [-0.39, 0.29) is 12.0 Å². The highest BCUT2D eigenvalue weighted by atomic mass is 15.0. The number of hydrogen-bond acceptors (Lipinski definition) is 1. The summed E-state index contributed by atoms with van der Waals surface area (Å²) in [4.78, 5) is 4.21. The van der Waals surface area contributed by atoms with Crippen LogP contribution < -0.4 is 11.5 Å². The first-order chi connectivity index (χ1) is 6.74. The summed E-state index contributed by atoms with van der Waals surface area (Å²) < 4.78 is 0. The van der Waals surface area contributed by atoms with E-state index in [1.165, 1.54) is 5.56 Å². The summed E-state index contributed by atoms with van der Waals surface area (Å²) in [5, 5.41) is 0. The zero-order valence-corrected chi connectivity index (χ0v) is 8.48. The number of benzene rings is 1. The van der Waals surface area contributed by atoms with Gasteiger partial charge in [0.1, 0.15) is 0 Å². The van der Waals surface area contributed by atoms with Crippen LogP contribution in [0.2, 0.25) is 0 Å². The Bertz CT molecular complexity index is 289. The van der Waals surface area contributed by atoms with E-state index < -0.39 is 0 Å². The number of nitrogens with zero attached hydrogens (tertiary/aromatic N) is 1. The van der Waals surface area contributed by atoms with E-state index in [9.17, 15) is 0 Å². The van der Waals surface area contributed by atoms with E-state index in [4.69, 9.17) is 11.5 Å². The molecule has 0 bridgehead atoms. The molecule has 0 amide bonds. The average molecular weight is 191 g/mol. The van der Waals surface area contributed by atoms with Gasteiger partial charge in [-0.05, 0) is 12.0 Å². The molecular weight excluding hydrogens is 174 g/mol. The normalized spacial score (nSPS) is 12.1. The van der Waals surface area contributed by atoms with Crippen molar-refractivity contribution in [1.82, 2.24) is 0 Å². The number of nitrogens with two attached hydrogens (primary N) is 2. The summed E-state index contributed by atoms with van der Waals surface area (Å²) in [6.45, 7) is 2.12. The van der Waals surface area contributed by atoms with Crippen molar-refractivity contribution in [3.8, 4) is 0 Å². The van der Waals surface area contributed by atoms with Crippen molar-refractivity contribution >= 4 is 5.96 Å². The number of guanidine groups is 1. The van der Waals surface area contributed by atoms with Crippen molar-refractivity contribution in [2.45, 2.75) is 25.8 Å². The third kappa shape index (κ3) is 3.09. The van der Waals surface area contributed by atoms with Crippen LogP contribution in [0.4, 0.5) is 0 Å². The fourth-order valence-electron chi connectivity index (χ4n) is 1.43. The zero-order chi connectivity index (χ0) is 10.4. The average Bonchev–Trinajstić information content (AvgIpc) is 2.18. The minimum Gasteiger partial charge on any atom is -0.370 e. The third-order valence-corrected chi connectivity index (χ3v) is 2.05. The summed E-state index contributed by atoms with van der Waals surface area (Å²) in [7, 11) is 0. The predicted octanol–water partition coefficient (Wildman–Crippen LogP) is 1.80. The molecule has 0 aliphatic rings. The quantitative estimate of drug-likeness (QED) is 0.563. The molecule has 14 heavy (non-hydrogen) atoms. The Hall–Kier alpha value is -1.51. The van der Waals surface area contributed by atoms with Gasteiger partial charge < -0.3 is 11.5 Å². The summed E-state index contributed by atoms with van der Waals surface area (Å²) >= 11 is 0. The van der Waals surface area contributed by atoms with E-state index in [1.807, 2.05) is 30.3 Å². The molecule has 0 aliphatic carbocycles. The number of rotatable bonds is 4. The first-order valence-electron chi connectivity index (χ1n) is 4.87. The second-order valence-corrected chi connectivity index (χ2v) is 3.27. The lowest BCUT2D eigenvalue weighted by Crippen LogP contribution is -2.23. The number of hydrogen-bond donors (Lipinski definition) is 2. The summed E-state index contributed by atoms with van der Waals surface area (Å²) in [6, 6.07) is 10.2. The van der Waals surface area contributed by atoms with Crippen LogP contribution in [0.3, 0.4) is 0 Å². The van der Waals surface area contributed by atoms with Gasteiger partial charge >= 0.3 is 0 Å². The smallest absolute Gasteiger partial charge is 0.186 e. The maximum absolute atomic E-state index is 5.39. The Labute approximate surface area is 84.8 Å². The monoisotopic (exact) mass is 191 g/mol. The standard InChI is InChI=1S/C11H17N3/c1-2-6-10(14-11(12)13)9-7-4-3-5-8-9/h3-5,7-8,10H,2,6H2,1H3,(H4,12,13,14). The first kappa shape index (κ1) is 10.6. The van der Waals surface area contributed by atoms with Crippen molar-refractivity contribution in [2.75, 3.05) is 0 Å². The summed E-state index contributed by atoms with van der Waals surface area (Å²) in [5.41, 5.74) is 11.9. The maximum Gasteiger partial charge on any atom is 0.186 e. The van der Waals surface area contributed by atoms with E-state index in [2.05, 4.69) is 11.9 Å². The lowest BCUT2D eigenvalue weighted by Gasteiger charge is -2.11. The van der Waals surface area contributed by atoms with E-state index in [0.717, 1.165) is 12.8 Å². The van der Waals surface area contributed by atoms with Crippen molar-refractivity contribution in [1.29, 1.82) is 0 Å². The van der Waals surface area contributed by atoms with Crippen molar-refractivity contribution in [3.05, 3.63) is 35.9 Å². The van der Waals surface area contributed by atoms with Crippen LogP contribution in [0.1, 0.15) is 31.4 Å². The Morgan fingerprint density at radius 1 is 1.29 bits per heavy atom. The molecule has 0 heterocycles. The van der Waals surface area contributed by atoms with Gasteiger partial charge in [-0.3, -0.25) is 0 Å². The fraction of sp³-hybridized carbons (Fsp3) is 0.364. The molecule has 0 saturated heterocycles. The van der Waals surface area contributed by atoms with Crippen LogP contribution >= 0.6 is 0 Å². The maximum atomic E-state index is 5.39. The second kappa shape index (κ2) is 5.27. The van der Waals surface area contributed by atoms with Crippen LogP contribution in [0.5, 0.6) is 0 Å². The van der Waals surface area contributed by atoms with Crippen LogP contribution in [0.25, 0.3) is 0 Å². The van der Waals surface area contributed by atoms with Crippen molar-refractivity contribution < 1.29 is 0 Å². The summed E-state index contributed by atoms with van der Waals surface area (Å²) in [5.74, 6) is 0.160. The van der Waals surface area contributed by atoms with E-state index in [0.29, 0.717) is 0 Å². The largest absolute Gasteiger partial charge is 0.370 e. The van der Waals surface area contributed by atoms with Gasteiger partial charge in [-0.1, -0.05) is 43.7 Å². The van der Waals surface area contributed by atoms with E-state index >= 15 is 0 Å². The van der Waals surface area contributed by atoms with Gasteiger partial charge in [-0.2, -0.15) is 0 Å². The molecular formula is C11H17N3. The topological polar surface area (TPSA) is 64.4 Å². The van der Waals surface area contributed by atoms with Crippen molar-refractivity contribution in [3.63, 3.8) is 0 Å². The molecule has 1 aromatic carbocycles. The number of aliphatic imine (C=N–C) groups is 1. The second-order valence-electron chi connectivity index (χ2n) is 3.27. The Morgan fingerprint density at radius 2 is 1.93 bits per heavy atom. The highest BCUT2D eigenvalue weighted by molar-refractivity contribution is 5.76. The molecule has 0 spiro atoms. The molecule has 0 aliphatic heterocycles. The molecule has 0 fully saturated rings. The molecule has 3 heteroatoms. The highest BCUT2D eigenvalue weighted by Crippen LogP contribution is 2.21. The summed E-state index contributed by atoms with van der Waals surface area (Å²) in [6.07, 6.45) is 2.04. The van der Waals surface area contributed by atoms with Gasteiger partial charge in [-0.15, -0.1) is 0 Å². The molecule has 1 rings (SSSR count). The molecule has 3 nitrogen and oxygen atoms in total. The highest BCUT2D eigenvalue weighted by Gasteiger charge is 2.07. The minimum atomic E-state index is 0.103. The molecule has 1 aromatic rings. The van der Waals surface area contributed by atoms with Crippen LogP contribution in [-0.4, -0.2) is 5.96 Å². The van der Waals surface area contributed by atoms with Gasteiger partial charge in [-0.25, -0.2) is 4.99 Å². The zero-order valence-electron chi connectivity index (χ0n) is 8.48. The van der Waals surface area contributed by atoms with Gasteiger partial charge in [0, 0.05) is 0 Å². The molecule has 0 saturated carbocycles. The fourth-order valence-corrected chi connectivity index (χ4v) is 1.43. The molecule has 1 unspecified atom stereocenters. The molecule has 76 valence electrons. The van der Waals surface area contributed by atoms with E-state index in [1.54, 1.807) is 0 Å². The van der Waals surface area contributed by atoms with Gasteiger partial charge in [0.05, 0.1) is 6.04 Å².